The summed E-state index contributed by atoms with van der Waals surface area (Å²) in [4.78, 5) is 24.8. The van der Waals surface area contributed by atoms with Crippen LogP contribution in [0.2, 0.25) is 0 Å². The summed E-state index contributed by atoms with van der Waals surface area (Å²) >= 11 is 0. The molecule has 2 N–H and O–H groups in total. The van der Waals surface area contributed by atoms with Crippen LogP contribution in [-0.2, 0) is 4.79 Å². The molecule has 0 aromatic rings. The normalized spacial score (nSPS) is 25.3. The van der Waals surface area contributed by atoms with E-state index in [1.807, 2.05) is 13.8 Å². The van der Waals surface area contributed by atoms with Gasteiger partial charge in [-0.3, -0.25) is 0 Å². The van der Waals surface area contributed by atoms with E-state index in [0.717, 1.165) is 0 Å². The SMILES string of the molecule is CC(C)C[C@H](NC(=O)N1CC(C)C(C)C1)C(=O)O. The molecule has 1 aliphatic heterocycles. The molecule has 2 amide bonds. The fourth-order valence-corrected chi connectivity index (χ4v) is 2.23. The number of hydrogen-bond acceptors (Lipinski definition) is 2. The Morgan fingerprint density at radius 1 is 1.28 bits per heavy atom. The first-order chi connectivity index (χ1) is 8.31. The fourth-order valence-electron chi connectivity index (χ4n) is 2.23. The molecule has 1 saturated heterocycles. The molecule has 0 aromatic heterocycles. The Morgan fingerprint density at radius 2 is 1.78 bits per heavy atom. The lowest BCUT2D eigenvalue weighted by Gasteiger charge is -2.22. The van der Waals surface area contributed by atoms with Gasteiger partial charge in [-0.25, -0.2) is 9.59 Å². The Bertz CT molecular complexity index is 307. The van der Waals surface area contributed by atoms with Gasteiger partial charge in [0.15, 0.2) is 0 Å². The van der Waals surface area contributed by atoms with Crippen LogP contribution in [0.3, 0.4) is 0 Å². The van der Waals surface area contributed by atoms with Crippen molar-refractivity contribution in [1.29, 1.82) is 0 Å². The van der Waals surface area contributed by atoms with Crippen molar-refractivity contribution in [3.63, 3.8) is 0 Å². The minimum atomic E-state index is -0.961. The van der Waals surface area contributed by atoms with Crippen LogP contribution in [-0.4, -0.2) is 41.1 Å². The van der Waals surface area contributed by atoms with Crippen molar-refractivity contribution < 1.29 is 14.7 Å². The topological polar surface area (TPSA) is 69.6 Å². The van der Waals surface area contributed by atoms with Crippen molar-refractivity contribution in [2.24, 2.45) is 17.8 Å². The number of carbonyl (C=O) groups excluding carboxylic acids is 1. The number of hydrogen-bond donors (Lipinski definition) is 2. The molecular weight excluding hydrogens is 232 g/mol. The fraction of sp³-hybridized carbons (Fsp3) is 0.846. The van der Waals surface area contributed by atoms with Gasteiger partial charge in [-0.05, 0) is 24.2 Å². The number of likely N-dealkylation sites (tertiary alicyclic amines) is 1. The van der Waals surface area contributed by atoms with Crippen LogP contribution in [0.4, 0.5) is 4.79 Å². The first-order valence-corrected chi connectivity index (χ1v) is 6.59. The minimum absolute atomic E-state index is 0.239. The van der Waals surface area contributed by atoms with Gasteiger partial charge in [0, 0.05) is 13.1 Å². The molecule has 3 atom stereocenters. The van der Waals surface area contributed by atoms with Gasteiger partial charge in [-0.1, -0.05) is 27.7 Å². The number of rotatable bonds is 4. The highest BCUT2D eigenvalue weighted by Crippen LogP contribution is 2.22. The van der Waals surface area contributed by atoms with Crippen LogP contribution in [0, 0.1) is 17.8 Å². The van der Waals surface area contributed by atoms with E-state index >= 15 is 0 Å². The van der Waals surface area contributed by atoms with E-state index in [0.29, 0.717) is 31.3 Å². The van der Waals surface area contributed by atoms with Crippen LogP contribution in [0.1, 0.15) is 34.1 Å². The zero-order valence-corrected chi connectivity index (χ0v) is 11.6. The van der Waals surface area contributed by atoms with Crippen LogP contribution >= 0.6 is 0 Å². The highest BCUT2D eigenvalue weighted by molar-refractivity contribution is 5.82. The number of amides is 2. The molecule has 0 saturated carbocycles. The van der Waals surface area contributed by atoms with Crippen molar-refractivity contribution >= 4 is 12.0 Å². The quantitative estimate of drug-likeness (QED) is 0.805. The van der Waals surface area contributed by atoms with Gasteiger partial charge < -0.3 is 15.3 Å². The van der Waals surface area contributed by atoms with Gasteiger partial charge >= 0.3 is 12.0 Å². The average molecular weight is 256 g/mol. The summed E-state index contributed by atoms with van der Waals surface area (Å²) in [7, 11) is 0. The smallest absolute Gasteiger partial charge is 0.326 e. The van der Waals surface area contributed by atoms with Gasteiger partial charge in [-0.2, -0.15) is 0 Å². The molecule has 5 nitrogen and oxygen atoms in total. The summed E-state index contributed by atoms with van der Waals surface area (Å²) in [5, 5.41) is 11.7. The van der Waals surface area contributed by atoms with E-state index in [4.69, 9.17) is 5.11 Å². The molecule has 0 aliphatic carbocycles. The molecule has 1 rings (SSSR count). The molecule has 0 spiro atoms. The maximum atomic E-state index is 12.0. The molecule has 1 fully saturated rings. The highest BCUT2D eigenvalue weighted by Gasteiger charge is 2.31. The van der Waals surface area contributed by atoms with Gasteiger partial charge in [0.2, 0.25) is 0 Å². The standard InChI is InChI=1S/C13H24N2O3/c1-8(2)5-11(12(16)17)14-13(18)15-6-9(3)10(4)7-15/h8-11H,5-7H2,1-4H3,(H,14,18)(H,16,17)/t9?,10?,11-/m0/s1. The van der Waals surface area contributed by atoms with E-state index in [1.165, 1.54) is 0 Å². The maximum absolute atomic E-state index is 12.0. The lowest BCUT2D eigenvalue weighted by atomic mass is 10.0. The average Bonchev–Trinajstić information content (AvgIpc) is 2.57. The number of aliphatic carboxylic acids is 1. The van der Waals surface area contributed by atoms with E-state index < -0.39 is 12.0 Å². The predicted octanol–water partition coefficient (Wildman–Crippen LogP) is 1.78. The number of nitrogens with zero attached hydrogens (tertiary/aromatic N) is 1. The third-order valence-corrected chi connectivity index (χ3v) is 3.58. The third-order valence-electron chi connectivity index (χ3n) is 3.58. The zero-order valence-electron chi connectivity index (χ0n) is 11.6. The number of carboxylic acids is 1. The summed E-state index contributed by atoms with van der Waals surface area (Å²) in [5.41, 5.74) is 0. The number of nitrogens with one attached hydrogen (secondary N) is 1. The van der Waals surface area contributed by atoms with Gasteiger partial charge in [-0.15, -0.1) is 0 Å². The zero-order chi connectivity index (χ0) is 13.9. The molecule has 1 aliphatic rings. The Balaban J connectivity index is 2.54. The van der Waals surface area contributed by atoms with Gasteiger partial charge in [0.25, 0.3) is 0 Å². The lowest BCUT2D eigenvalue weighted by molar-refractivity contribution is -0.139. The largest absolute Gasteiger partial charge is 0.480 e. The molecule has 0 bridgehead atoms. The highest BCUT2D eigenvalue weighted by atomic mass is 16.4. The van der Waals surface area contributed by atoms with Crippen molar-refractivity contribution in [3.8, 4) is 0 Å². The lowest BCUT2D eigenvalue weighted by Crippen LogP contribution is -2.47. The second-order valence-corrected chi connectivity index (χ2v) is 5.83. The van der Waals surface area contributed by atoms with E-state index in [1.54, 1.807) is 4.90 Å². The Labute approximate surface area is 109 Å². The summed E-state index contributed by atoms with van der Waals surface area (Å²) in [5.74, 6) is 0.230. The summed E-state index contributed by atoms with van der Waals surface area (Å²) in [6.07, 6.45) is 0.458. The summed E-state index contributed by atoms with van der Waals surface area (Å²) < 4.78 is 0. The van der Waals surface area contributed by atoms with Crippen molar-refractivity contribution in [3.05, 3.63) is 0 Å². The molecule has 0 aromatic carbocycles. The predicted molar refractivity (Wildman–Crippen MR) is 69.3 cm³/mol. The summed E-state index contributed by atoms with van der Waals surface area (Å²) in [6.45, 7) is 9.54. The minimum Gasteiger partial charge on any atom is -0.480 e. The molecule has 2 unspecified atom stereocenters. The van der Waals surface area contributed by atoms with Crippen molar-refractivity contribution in [2.45, 2.75) is 40.2 Å². The first kappa shape index (κ1) is 14.8. The van der Waals surface area contributed by atoms with Crippen LogP contribution in [0.5, 0.6) is 0 Å². The third kappa shape index (κ3) is 3.89. The number of urea groups is 1. The van der Waals surface area contributed by atoms with E-state index in [-0.39, 0.29) is 11.9 Å². The number of carbonyl (C=O) groups is 2. The molecule has 1 heterocycles. The van der Waals surface area contributed by atoms with E-state index in [9.17, 15) is 9.59 Å². The van der Waals surface area contributed by atoms with Crippen molar-refractivity contribution in [2.75, 3.05) is 13.1 Å². The van der Waals surface area contributed by atoms with Crippen LogP contribution < -0.4 is 5.32 Å². The number of carboxylic acid groups (broad SMARTS) is 1. The molecular formula is C13H24N2O3. The second kappa shape index (κ2) is 6.07. The summed E-state index contributed by atoms with van der Waals surface area (Å²) in [6, 6.07) is -1.04. The Kier molecular flexibility index (Phi) is 4.99. The van der Waals surface area contributed by atoms with Gasteiger partial charge in [0.1, 0.15) is 6.04 Å². The molecule has 104 valence electrons. The molecule has 18 heavy (non-hydrogen) atoms. The monoisotopic (exact) mass is 256 g/mol. The Hall–Kier alpha value is -1.26. The second-order valence-electron chi connectivity index (χ2n) is 5.83. The van der Waals surface area contributed by atoms with E-state index in [2.05, 4.69) is 19.2 Å². The van der Waals surface area contributed by atoms with Gasteiger partial charge in [0.05, 0.1) is 0 Å². The first-order valence-electron chi connectivity index (χ1n) is 6.59. The van der Waals surface area contributed by atoms with Crippen molar-refractivity contribution in [1.82, 2.24) is 10.2 Å². The molecule has 0 radical (unpaired) electrons. The molecule has 5 heteroatoms. The Morgan fingerprint density at radius 3 is 2.17 bits per heavy atom. The van der Waals surface area contributed by atoms with Crippen LogP contribution in [0.25, 0.3) is 0 Å². The van der Waals surface area contributed by atoms with Crippen LogP contribution in [0.15, 0.2) is 0 Å². The maximum Gasteiger partial charge on any atom is 0.326 e.